The van der Waals surface area contributed by atoms with Crippen LogP contribution in [0.5, 0.6) is 5.75 Å². The van der Waals surface area contributed by atoms with Gasteiger partial charge in [-0.1, -0.05) is 41.9 Å². The molecule has 0 bridgehead atoms. The zero-order chi connectivity index (χ0) is 17.2. The van der Waals surface area contributed by atoms with Crippen molar-refractivity contribution in [1.82, 2.24) is 4.90 Å². The molecule has 2 aliphatic rings. The first-order valence-corrected chi connectivity index (χ1v) is 9.15. The van der Waals surface area contributed by atoms with E-state index in [1.165, 1.54) is 12.8 Å². The summed E-state index contributed by atoms with van der Waals surface area (Å²) >= 11 is 6.17. The number of likely N-dealkylation sites (tertiary alicyclic amines) is 1. The Morgan fingerprint density at radius 2 is 1.80 bits per heavy atom. The Balaban J connectivity index is 1.64. The lowest BCUT2D eigenvalue weighted by molar-refractivity contribution is -0.126. The first-order chi connectivity index (χ1) is 12.2. The lowest BCUT2D eigenvalue weighted by Gasteiger charge is -2.35. The summed E-state index contributed by atoms with van der Waals surface area (Å²) in [5.41, 5.74) is 1.64. The van der Waals surface area contributed by atoms with Gasteiger partial charge in [-0.25, -0.2) is 0 Å². The van der Waals surface area contributed by atoms with Crippen LogP contribution in [-0.4, -0.2) is 37.0 Å². The van der Waals surface area contributed by atoms with Gasteiger partial charge in [0.15, 0.2) is 0 Å². The fourth-order valence-corrected chi connectivity index (χ4v) is 3.72. The Bertz CT molecular complexity index is 760. The minimum Gasteiger partial charge on any atom is -0.474 e. The number of carbonyl (C=O) groups is 1. The van der Waals surface area contributed by atoms with Crippen LogP contribution < -0.4 is 9.64 Å². The van der Waals surface area contributed by atoms with Gasteiger partial charge in [-0.2, -0.15) is 0 Å². The predicted molar refractivity (Wildman–Crippen MR) is 99.3 cm³/mol. The summed E-state index contributed by atoms with van der Waals surface area (Å²) in [4.78, 5) is 17.4. The van der Waals surface area contributed by atoms with Gasteiger partial charge in [0, 0.05) is 23.7 Å². The van der Waals surface area contributed by atoms with Gasteiger partial charge in [-0.3, -0.25) is 4.79 Å². The van der Waals surface area contributed by atoms with Crippen LogP contribution in [0.3, 0.4) is 0 Å². The largest absolute Gasteiger partial charge is 0.474 e. The van der Waals surface area contributed by atoms with E-state index in [4.69, 9.17) is 16.3 Å². The van der Waals surface area contributed by atoms with Gasteiger partial charge in [0.25, 0.3) is 5.91 Å². The number of hydrogen-bond donors (Lipinski definition) is 0. The maximum Gasteiger partial charge on any atom is 0.272 e. The average Bonchev–Trinajstić information content (AvgIpc) is 3.15. The Morgan fingerprint density at radius 1 is 1.04 bits per heavy atom. The summed E-state index contributed by atoms with van der Waals surface area (Å²) in [7, 11) is 0. The molecule has 1 unspecified atom stereocenters. The van der Waals surface area contributed by atoms with Gasteiger partial charge >= 0.3 is 0 Å². The average molecular weight is 357 g/mol. The monoisotopic (exact) mass is 356 g/mol. The molecule has 0 saturated carbocycles. The molecule has 2 heterocycles. The number of amides is 1. The zero-order valence-electron chi connectivity index (χ0n) is 14.0. The summed E-state index contributed by atoms with van der Waals surface area (Å²) in [6, 6.07) is 15.1. The maximum atomic E-state index is 13.1. The molecule has 5 heteroatoms. The highest BCUT2D eigenvalue weighted by atomic mass is 35.5. The molecule has 2 aliphatic heterocycles. The lowest BCUT2D eigenvalue weighted by Crippen LogP contribution is -2.44. The fraction of sp³-hybridized carbons (Fsp3) is 0.350. The van der Waals surface area contributed by atoms with Crippen LogP contribution in [0, 0.1) is 0 Å². The minimum absolute atomic E-state index is 0.0276. The molecule has 1 amide bonds. The number of fused-ring (bicyclic) bond motifs is 1. The van der Waals surface area contributed by atoms with Gasteiger partial charge in [-0.15, -0.1) is 0 Å². The molecule has 0 spiro atoms. The Kier molecular flexibility index (Phi) is 4.64. The summed E-state index contributed by atoms with van der Waals surface area (Å²) in [5, 5.41) is 0.611. The third kappa shape index (κ3) is 3.37. The lowest BCUT2D eigenvalue weighted by atomic mass is 10.1. The molecule has 4 nitrogen and oxygen atoms in total. The Hall–Kier alpha value is -2.04. The number of halogens is 1. The molecular formula is C20H21ClN2O2. The summed E-state index contributed by atoms with van der Waals surface area (Å²) in [6.07, 6.45) is 1.88. The van der Waals surface area contributed by atoms with E-state index in [-0.39, 0.29) is 5.91 Å². The van der Waals surface area contributed by atoms with E-state index in [0.29, 0.717) is 17.3 Å². The van der Waals surface area contributed by atoms with Crippen molar-refractivity contribution in [2.45, 2.75) is 18.9 Å². The second-order valence-electron chi connectivity index (χ2n) is 6.56. The topological polar surface area (TPSA) is 32.8 Å². The standard InChI is InChI=1S/C20H21ClN2O2/c21-16-8-9-18-17(14-16)23(13-12-22-10-4-5-11-22)20(24)19(25-18)15-6-2-1-3-7-15/h1-3,6-9,14,19H,4-5,10-13H2. The van der Waals surface area contributed by atoms with Crippen molar-refractivity contribution in [2.75, 3.05) is 31.1 Å². The highest BCUT2D eigenvalue weighted by Crippen LogP contribution is 2.40. The molecule has 25 heavy (non-hydrogen) atoms. The van der Waals surface area contributed by atoms with Crippen LogP contribution in [-0.2, 0) is 4.79 Å². The van der Waals surface area contributed by atoms with E-state index >= 15 is 0 Å². The molecule has 2 aromatic carbocycles. The number of rotatable bonds is 4. The van der Waals surface area contributed by atoms with E-state index in [9.17, 15) is 4.79 Å². The Labute approximate surface area is 152 Å². The van der Waals surface area contributed by atoms with Crippen molar-refractivity contribution in [3.63, 3.8) is 0 Å². The van der Waals surface area contributed by atoms with Crippen LogP contribution in [0.4, 0.5) is 5.69 Å². The van der Waals surface area contributed by atoms with E-state index < -0.39 is 6.10 Å². The molecule has 1 saturated heterocycles. The van der Waals surface area contributed by atoms with Gasteiger partial charge in [0.05, 0.1) is 5.69 Å². The second-order valence-corrected chi connectivity index (χ2v) is 7.00. The molecule has 2 aromatic rings. The smallest absolute Gasteiger partial charge is 0.272 e. The van der Waals surface area contributed by atoms with Crippen LogP contribution in [0.25, 0.3) is 0 Å². The maximum absolute atomic E-state index is 13.1. The molecule has 1 atom stereocenters. The van der Waals surface area contributed by atoms with Crippen LogP contribution >= 0.6 is 11.6 Å². The third-order valence-corrected chi connectivity index (χ3v) is 5.12. The van der Waals surface area contributed by atoms with Crippen molar-refractivity contribution < 1.29 is 9.53 Å². The van der Waals surface area contributed by atoms with E-state index in [1.54, 1.807) is 6.07 Å². The van der Waals surface area contributed by atoms with E-state index in [2.05, 4.69) is 4.90 Å². The molecule has 0 aliphatic carbocycles. The number of benzene rings is 2. The highest BCUT2D eigenvalue weighted by molar-refractivity contribution is 6.31. The second kappa shape index (κ2) is 7.06. The summed E-state index contributed by atoms with van der Waals surface area (Å²) in [6.45, 7) is 3.75. The van der Waals surface area contributed by atoms with Gasteiger partial charge in [-0.05, 0) is 44.1 Å². The van der Waals surface area contributed by atoms with E-state index in [0.717, 1.165) is 30.9 Å². The molecule has 130 valence electrons. The molecule has 0 radical (unpaired) electrons. The highest BCUT2D eigenvalue weighted by Gasteiger charge is 2.35. The number of nitrogens with zero attached hydrogens (tertiary/aromatic N) is 2. The Morgan fingerprint density at radius 3 is 2.56 bits per heavy atom. The molecule has 1 fully saturated rings. The van der Waals surface area contributed by atoms with E-state index in [1.807, 2.05) is 47.4 Å². The molecular weight excluding hydrogens is 336 g/mol. The van der Waals surface area contributed by atoms with Crippen molar-refractivity contribution in [3.8, 4) is 5.75 Å². The fourth-order valence-electron chi connectivity index (χ4n) is 3.56. The summed E-state index contributed by atoms with van der Waals surface area (Å²) < 4.78 is 6.02. The first kappa shape index (κ1) is 16.4. The van der Waals surface area contributed by atoms with Gasteiger partial charge < -0.3 is 14.5 Å². The van der Waals surface area contributed by atoms with Crippen molar-refractivity contribution >= 4 is 23.2 Å². The zero-order valence-corrected chi connectivity index (χ0v) is 14.8. The number of ether oxygens (including phenoxy) is 1. The van der Waals surface area contributed by atoms with Crippen LogP contribution in [0.15, 0.2) is 48.5 Å². The number of anilines is 1. The van der Waals surface area contributed by atoms with Crippen LogP contribution in [0.1, 0.15) is 24.5 Å². The third-order valence-electron chi connectivity index (χ3n) is 4.89. The van der Waals surface area contributed by atoms with Gasteiger partial charge in [0.2, 0.25) is 6.10 Å². The quantitative estimate of drug-likeness (QED) is 0.832. The predicted octanol–water partition coefficient (Wildman–Crippen LogP) is 3.90. The molecule has 0 N–H and O–H groups in total. The van der Waals surface area contributed by atoms with Crippen molar-refractivity contribution in [2.24, 2.45) is 0 Å². The first-order valence-electron chi connectivity index (χ1n) is 8.77. The van der Waals surface area contributed by atoms with Crippen molar-refractivity contribution in [1.29, 1.82) is 0 Å². The molecule has 0 aromatic heterocycles. The van der Waals surface area contributed by atoms with Crippen LogP contribution in [0.2, 0.25) is 5.02 Å². The number of hydrogen-bond acceptors (Lipinski definition) is 3. The van der Waals surface area contributed by atoms with Crippen molar-refractivity contribution in [3.05, 3.63) is 59.1 Å². The summed E-state index contributed by atoms with van der Waals surface area (Å²) in [5.74, 6) is 0.680. The van der Waals surface area contributed by atoms with Gasteiger partial charge in [0.1, 0.15) is 5.75 Å². The normalized spacial score (nSPS) is 20.4. The molecule has 4 rings (SSSR count). The number of carbonyl (C=O) groups excluding carboxylic acids is 1. The SMILES string of the molecule is O=C1C(c2ccccc2)Oc2ccc(Cl)cc2N1CCN1CCCC1. The minimum atomic E-state index is -0.603.